The molecule has 0 saturated heterocycles. The third kappa shape index (κ3) is 2.71. The molecule has 120 valence electrons. The maximum absolute atomic E-state index is 4.53. The van der Waals surface area contributed by atoms with Crippen LogP contribution in [0, 0.1) is 0 Å². The summed E-state index contributed by atoms with van der Waals surface area (Å²) in [5, 5.41) is 0. The van der Waals surface area contributed by atoms with Gasteiger partial charge in [-0.2, -0.15) is 0 Å². The van der Waals surface area contributed by atoms with Gasteiger partial charge in [-0.1, -0.05) is 36.4 Å². The van der Waals surface area contributed by atoms with Crippen molar-refractivity contribution >= 4 is 23.0 Å². The van der Waals surface area contributed by atoms with E-state index in [4.69, 9.17) is 0 Å². The Bertz CT molecular complexity index is 832. The molecule has 3 aromatic rings. The van der Waals surface area contributed by atoms with Crippen molar-refractivity contribution in [3.63, 3.8) is 0 Å². The number of rotatable bonds is 3. The molecule has 0 unspecified atom stereocenters. The lowest BCUT2D eigenvalue weighted by Crippen LogP contribution is -2.25. The number of hydrogen-bond donors (Lipinski definition) is 0. The smallest absolute Gasteiger partial charge is 0.138 e. The van der Waals surface area contributed by atoms with E-state index in [9.17, 15) is 0 Å². The molecule has 0 saturated carbocycles. The standard InChI is InChI=1S/C20H20N4/c1-23(17-10-3-2-4-11-17)19-14-20(22-15-21-19)24-13-7-9-16-8-5-6-12-18(16)24/h2-6,8,10-12,14-15H,7,9,13H2,1H3. The van der Waals surface area contributed by atoms with Crippen LogP contribution < -0.4 is 9.80 Å². The van der Waals surface area contributed by atoms with E-state index in [-0.39, 0.29) is 0 Å². The quantitative estimate of drug-likeness (QED) is 0.720. The van der Waals surface area contributed by atoms with E-state index in [1.54, 1.807) is 6.33 Å². The van der Waals surface area contributed by atoms with Crippen molar-refractivity contribution in [2.75, 3.05) is 23.4 Å². The molecule has 0 aliphatic carbocycles. The molecule has 4 heteroatoms. The number of hydrogen-bond acceptors (Lipinski definition) is 4. The average molecular weight is 316 g/mol. The number of aromatic nitrogens is 2. The SMILES string of the molecule is CN(c1ccccc1)c1cc(N2CCCc3ccccc32)ncn1. The fourth-order valence-corrected chi connectivity index (χ4v) is 3.22. The number of para-hydroxylation sites is 2. The maximum Gasteiger partial charge on any atom is 0.138 e. The molecular weight excluding hydrogens is 296 g/mol. The van der Waals surface area contributed by atoms with Crippen molar-refractivity contribution in [2.45, 2.75) is 12.8 Å². The van der Waals surface area contributed by atoms with Gasteiger partial charge in [-0.15, -0.1) is 0 Å². The predicted octanol–water partition coefficient (Wildman–Crippen LogP) is 4.33. The summed E-state index contributed by atoms with van der Waals surface area (Å²) in [6.07, 6.45) is 3.93. The first-order valence-corrected chi connectivity index (χ1v) is 8.29. The molecular formula is C20H20N4. The van der Waals surface area contributed by atoms with E-state index < -0.39 is 0 Å². The van der Waals surface area contributed by atoms with Gasteiger partial charge in [0.05, 0.1) is 0 Å². The highest BCUT2D eigenvalue weighted by Crippen LogP contribution is 2.33. The van der Waals surface area contributed by atoms with E-state index in [0.717, 1.165) is 36.7 Å². The van der Waals surface area contributed by atoms with Gasteiger partial charge in [0.15, 0.2) is 0 Å². The average Bonchev–Trinajstić information content (AvgIpc) is 2.68. The maximum atomic E-state index is 4.53. The second kappa shape index (κ2) is 6.32. The number of fused-ring (bicyclic) bond motifs is 1. The Morgan fingerprint density at radius 2 is 1.75 bits per heavy atom. The van der Waals surface area contributed by atoms with Crippen LogP contribution in [0.25, 0.3) is 0 Å². The van der Waals surface area contributed by atoms with Crippen LogP contribution in [0.5, 0.6) is 0 Å². The Morgan fingerprint density at radius 3 is 2.62 bits per heavy atom. The minimum absolute atomic E-state index is 0.897. The number of aryl methyl sites for hydroxylation is 1. The molecule has 0 amide bonds. The van der Waals surface area contributed by atoms with E-state index >= 15 is 0 Å². The van der Waals surface area contributed by atoms with Crippen molar-refractivity contribution in [1.82, 2.24) is 9.97 Å². The summed E-state index contributed by atoms with van der Waals surface area (Å²) < 4.78 is 0. The molecule has 24 heavy (non-hydrogen) atoms. The summed E-state index contributed by atoms with van der Waals surface area (Å²) in [7, 11) is 2.03. The molecule has 1 aromatic heterocycles. The number of nitrogens with zero attached hydrogens (tertiary/aromatic N) is 4. The second-order valence-corrected chi connectivity index (χ2v) is 6.01. The molecule has 0 radical (unpaired) electrons. The second-order valence-electron chi connectivity index (χ2n) is 6.01. The van der Waals surface area contributed by atoms with E-state index in [1.165, 1.54) is 11.3 Å². The third-order valence-electron chi connectivity index (χ3n) is 4.51. The zero-order valence-corrected chi connectivity index (χ0v) is 13.8. The summed E-state index contributed by atoms with van der Waals surface area (Å²) >= 11 is 0. The van der Waals surface area contributed by atoms with Gasteiger partial charge < -0.3 is 9.80 Å². The minimum atomic E-state index is 0.897. The molecule has 4 rings (SSSR count). The van der Waals surface area contributed by atoms with Gasteiger partial charge in [-0.05, 0) is 36.6 Å². The Hall–Kier alpha value is -2.88. The van der Waals surface area contributed by atoms with Crippen LogP contribution >= 0.6 is 0 Å². The molecule has 0 N–H and O–H groups in total. The summed E-state index contributed by atoms with van der Waals surface area (Å²) in [4.78, 5) is 13.4. The summed E-state index contributed by atoms with van der Waals surface area (Å²) in [5.41, 5.74) is 3.76. The largest absolute Gasteiger partial charge is 0.329 e. The Labute approximate surface area is 142 Å². The summed E-state index contributed by atoms with van der Waals surface area (Å²) in [5.74, 6) is 1.85. The Kier molecular flexibility index (Phi) is 3.87. The normalized spacial score (nSPS) is 13.5. The van der Waals surface area contributed by atoms with Gasteiger partial charge in [0, 0.05) is 31.0 Å². The number of benzene rings is 2. The van der Waals surface area contributed by atoms with Crippen LogP contribution in [-0.4, -0.2) is 23.6 Å². The van der Waals surface area contributed by atoms with Crippen molar-refractivity contribution in [3.05, 3.63) is 72.6 Å². The molecule has 1 aliphatic heterocycles. The molecule has 0 bridgehead atoms. The zero-order chi connectivity index (χ0) is 16.4. The lowest BCUT2D eigenvalue weighted by atomic mass is 10.0. The highest BCUT2D eigenvalue weighted by molar-refractivity contribution is 5.68. The van der Waals surface area contributed by atoms with Gasteiger partial charge in [-0.25, -0.2) is 9.97 Å². The molecule has 2 heterocycles. The first-order chi connectivity index (χ1) is 11.8. The monoisotopic (exact) mass is 316 g/mol. The van der Waals surface area contributed by atoms with Gasteiger partial charge in [0.2, 0.25) is 0 Å². The van der Waals surface area contributed by atoms with Gasteiger partial charge >= 0.3 is 0 Å². The molecule has 0 fully saturated rings. The van der Waals surface area contributed by atoms with Gasteiger partial charge in [0.25, 0.3) is 0 Å². The zero-order valence-electron chi connectivity index (χ0n) is 13.8. The van der Waals surface area contributed by atoms with Crippen molar-refractivity contribution in [1.29, 1.82) is 0 Å². The fourth-order valence-electron chi connectivity index (χ4n) is 3.22. The molecule has 0 atom stereocenters. The Morgan fingerprint density at radius 1 is 0.958 bits per heavy atom. The van der Waals surface area contributed by atoms with Crippen LogP contribution in [0.1, 0.15) is 12.0 Å². The topological polar surface area (TPSA) is 32.3 Å². The lowest BCUT2D eigenvalue weighted by molar-refractivity contribution is 0.758. The van der Waals surface area contributed by atoms with E-state index in [1.807, 2.05) is 25.2 Å². The lowest BCUT2D eigenvalue weighted by Gasteiger charge is -2.31. The van der Waals surface area contributed by atoms with Crippen LogP contribution in [0.15, 0.2) is 67.0 Å². The van der Waals surface area contributed by atoms with Crippen LogP contribution in [0.4, 0.5) is 23.0 Å². The molecule has 1 aliphatic rings. The first-order valence-electron chi connectivity index (χ1n) is 8.29. The fraction of sp³-hybridized carbons (Fsp3) is 0.200. The van der Waals surface area contributed by atoms with Crippen LogP contribution in [0.3, 0.4) is 0 Å². The van der Waals surface area contributed by atoms with Gasteiger partial charge in [0.1, 0.15) is 18.0 Å². The third-order valence-corrected chi connectivity index (χ3v) is 4.51. The van der Waals surface area contributed by atoms with E-state index in [0.29, 0.717) is 0 Å². The van der Waals surface area contributed by atoms with Crippen LogP contribution in [-0.2, 0) is 6.42 Å². The van der Waals surface area contributed by atoms with E-state index in [2.05, 4.69) is 62.2 Å². The molecule has 2 aromatic carbocycles. The molecule has 4 nitrogen and oxygen atoms in total. The van der Waals surface area contributed by atoms with Crippen molar-refractivity contribution < 1.29 is 0 Å². The first kappa shape index (κ1) is 14.7. The summed E-state index contributed by atoms with van der Waals surface area (Å²) in [6.45, 7) is 0.989. The van der Waals surface area contributed by atoms with Crippen LogP contribution in [0.2, 0.25) is 0 Å². The van der Waals surface area contributed by atoms with Gasteiger partial charge in [-0.3, -0.25) is 0 Å². The molecule has 0 spiro atoms. The predicted molar refractivity (Wildman–Crippen MR) is 98.3 cm³/mol. The highest BCUT2D eigenvalue weighted by atomic mass is 15.2. The minimum Gasteiger partial charge on any atom is -0.329 e. The highest BCUT2D eigenvalue weighted by Gasteiger charge is 2.19. The number of anilines is 4. The Balaban J connectivity index is 1.69. The van der Waals surface area contributed by atoms with Crippen molar-refractivity contribution in [3.8, 4) is 0 Å². The van der Waals surface area contributed by atoms with Crippen molar-refractivity contribution in [2.24, 2.45) is 0 Å². The summed E-state index contributed by atoms with van der Waals surface area (Å²) in [6, 6.07) is 20.9.